The Kier molecular flexibility index (Phi) is 4.76. The van der Waals surface area contributed by atoms with Crippen molar-refractivity contribution in [3.05, 3.63) is 66.0 Å². The van der Waals surface area contributed by atoms with Crippen molar-refractivity contribution in [1.82, 2.24) is 10.4 Å². The smallest absolute Gasteiger partial charge is 0.289 e. The molecule has 0 bridgehead atoms. The van der Waals surface area contributed by atoms with Crippen molar-refractivity contribution >= 4 is 17.3 Å². The number of nitrogens with one attached hydrogen (secondary N) is 1. The molecule has 106 valence electrons. The molecule has 2 rings (SSSR count). The molecule has 0 atom stereocenters. The molecular weight excluding hydrogens is 268 g/mol. The molecule has 0 aliphatic rings. The van der Waals surface area contributed by atoms with Crippen molar-refractivity contribution in [2.45, 2.75) is 6.92 Å². The minimum Gasteiger partial charge on any atom is -0.411 e. The number of rotatable bonds is 4. The van der Waals surface area contributed by atoms with Gasteiger partial charge < -0.3 is 5.21 Å². The molecule has 6 nitrogen and oxygen atoms in total. The highest BCUT2D eigenvalue weighted by molar-refractivity contribution is 6.47. The van der Waals surface area contributed by atoms with Crippen molar-refractivity contribution < 1.29 is 10.0 Å². The second-order valence-corrected chi connectivity index (χ2v) is 4.17. The van der Waals surface area contributed by atoms with Gasteiger partial charge in [0.1, 0.15) is 17.1 Å². The van der Waals surface area contributed by atoms with Crippen LogP contribution in [0.4, 0.5) is 0 Å². The molecule has 0 radical (unpaired) electrons. The predicted molar refractivity (Wildman–Crippen MR) is 79.6 cm³/mol. The zero-order valence-corrected chi connectivity index (χ0v) is 11.4. The van der Waals surface area contributed by atoms with Crippen LogP contribution in [0.1, 0.15) is 23.0 Å². The van der Waals surface area contributed by atoms with Crippen LogP contribution in [0.3, 0.4) is 0 Å². The van der Waals surface area contributed by atoms with Crippen LogP contribution < -0.4 is 5.43 Å². The van der Waals surface area contributed by atoms with Gasteiger partial charge >= 0.3 is 0 Å². The molecule has 2 aromatic rings. The summed E-state index contributed by atoms with van der Waals surface area (Å²) in [5.74, 6) is -0.435. The molecule has 0 saturated heterocycles. The fourth-order valence-electron chi connectivity index (χ4n) is 1.66. The third-order valence-electron chi connectivity index (χ3n) is 2.71. The number of carbonyl (C=O) groups is 1. The Morgan fingerprint density at radius 1 is 1.14 bits per heavy atom. The van der Waals surface area contributed by atoms with Crippen LogP contribution in [0, 0.1) is 0 Å². The summed E-state index contributed by atoms with van der Waals surface area (Å²) in [5, 5.41) is 16.1. The maximum atomic E-state index is 11.9. The number of hydrogen-bond donors (Lipinski definition) is 2. The number of nitrogens with zero attached hydrogens (tertiary/aromatic N) is 3. The third-order valence-corrected chi connectivity index (χ3v) is 2.71. The second kappa shape index (κ2) is 6.95. The molecule has 0 unspecified atom stereocenters. The molecule has 0 fully saturated rings. The Balaban J connectivity index is 2.24. The Bertz CT molecular complexity index is 667. The lowest BCUT2D eigenvalue weighted by molar-refractivity contribution is 0.0950. The van der Waals surface area contributed by atoms with Gasteiger partial charge in [0.25, 0.3) is 5.91 Å². The first-order valence-electron chi connectivity index (χ1n) is 6.26. The molecule has 0 aliphatic carbocycles. The van der Waals surface area contributed by atoms with E-state index in [9.17, 15) is 4.79 Å². The molecule has 0 spiro atoms. The van der Waals surface area contributed by atoms with Gasteiger partial charge in [-0.1, -0.05) is 41.6 Å². The minimum atomic E-state index is -0.435. The van der Waals surface area contributed by atoms with E-state index in [1.54, 1.807) is 37.3 Å². The third kappa shape index (κ3) is 3.73. The predicted octanol–water partition coefficient (Wildman–Crippen LogP) is 2.07. The van der Waals surface area contributed by atoms with Gasteiger partial charge in [0, 0.05) is 11.8 Å². The van der Waals surface area contributed by atoms with E-state index in [0.29, 0.717) is 11.4 Å². The lowest BCUT2D eigenvalue weighted by atomic mass is 10.1. The summed E-state index contributed by atoms with van der Waals surface area (Å²) >= 11 is 0. The van der Waals surface area contributed by atoms with Crippen LogP contribution in [-0.2, 0) is 0 Å². The molecule has 1 aromatic heterocycles. The molecular formula is C15H14N4O2. The number of pyridine rings is 1. The Hall–Kier alpha value is -3.02. The van der Waals surface area contributed by atoms with Crippen LogP contribution >= 0.6 is 0 Å². The highest BCUT2D eigenvalue weighted by Gasteiger charge is 2.10. The Morgan fingerprint density at radius 3 is 2.48 bits per heavy atom. The first-order chi connectivity index (χ1) is 10.2. The van der Waals surface area contributed by atoms with Gasteiger partial charge in [-0.15, -0.1) is 0 Å². The first-order valence-corrected chi connectivity index (χ1v) is 6.26. The minimum absolute atomic E-state index is 0.257. The number of benzene rings is 1. The largest absolute Gasteiger partial charge is 0.411 e. The highest BCUT2D eigenvalue weighted by Crippen LogP contribution is 2.03. The molecule has 6 heteroatoms. The van der Waals surface area contributed by atoms with Gasteiger partial charge in [-0.2, -0.15) is 5.10 Å². The summed E-state index contributed by atoms with van der Waals surface area (Å²) in [6, 6.07) is 14.1. The van der Waals surface area contributed by atoms with Crippen LogP contribution in [0.5, 0.6) is 0 Å². The lowest BCUT2D eigenvalue weighted by Gasteiger charge is -2.05. The van der Waals surface area contributed by atoms with Crippen LogP contribution in [0.15, 0.2) is 65.0 Å². The Labute approximate surface area is 121 Å². The van der Waals surface area contributed by atoms with Crippen molar-refractivity contribution in [2.75, 3.05) is 0 Å². The average Bonchev–Trinajstić information content (AvgIpc) is 2.56. The van der Waals surface area contributed by atoms with Crippen LogP contribution in [0.2, 0.25) is 0 Å². The van der Waals surface area contributed by atoms with E-state index in [0.717, 1.165) is 5.56 Å². The summed E-state index contributed by atoms with van der Waals surface area (Å²) in [5.41, 5.74) is 4.07. The van der Waals surface area contributed by atoms with Crippen molar-refractivity contribution in [2.24, 2.45) is 10.3 Å². The van der Waals surface area contributed by atoms with E-state index >= 15 is 0 Å². The summed E-state index contributed by atoms with van der Waals surface area (Å²) in [6.45, 7) is 1.60. The highest BCUT2D eigenvalue weighted by atomic mass is 16.4. The fraction of sp³-hybridized carbons (Fsp3) is 0.0667. The first kappa shape index (κ1) is 14.4. The van der Waals surface area contributed by atoms with E-state index in [1.807, 2.05) is 18.2 Å². The van der Waals surface area contributed by atoms with Gasteiger partial charge in [-0.3, -0.25) is 9.78 Å². The molecule has 0 aliphatic heterocycles. The second-order valence-electron chi connectivity index (χ2n) is 4.17. The number of hydrogen-bond acceptors (Lipinski definition) is 5. The van der Waals surface area contributed by atoms with Crippen molar-refractivity contribution in [3.63, 3.8) is 0 Å². The van der Waals surface area contributed by atoms with E-state index < -0.39 is 5.91 Å². The number of aromatic nitrogens is 1. The topological polar surface area (TPSA) is 86.9 Å². The van der Waals surface area contributed by atoms with E-state index in [1.165, 1.54) is 6.20 Å². The Morgan fingerprint density at radius 2 is 1.86 bits per heavy atom. The molecule has 21 heavy (non-hydrogen) atoms. The van der Waals surface area contributed by atoms with Gasteiger partial charge in [0.15, 0.2) is 0 Å². The maximum absolute atomic E-state index is 11.9. The van der Waals surface area contributed by atoms with Gasteiger partial charge in [0.2, 0.25) is 0 Å². The van der Waals surface area contributed by atoms with Crippen LogP contribution in [0.25, 0.3) is 0 Å². The maximum Gasteiger partial charge on any atom is 0.289 e. The quantitative estimate of drug-likeness (QED) is 0.511. The number of carbonyl (C=O) groups excluding carboxylic acids is 1. The fourth-order valence-corrected chi connectivity index (χ4v) is 1.66. The number of amides is 1. The molecule has 2 N–H and O–H groups in total. The summed E-state index contributed by atoms with van der Waals surface area (Å²) in [4.78, 5) is 15.8. The summed E-state index contributed by atoms with van der Waals surface area (Å²) in [6.07, 6.45) is 1.52. The van der Waals surface area contributed by atoms with Gasteiger partial charge in [-0.05, 0) is 19.1 Å². The van der Waals surface area contributed by atoms with Gasteiger partial charge in [0.05, 0.1) is 0 Å². The monoisotopic (exact) mass is 282 g/mol. The number of hydrazone groups is 1. The van der Waals surface area contributed by atoms with E-state index in [4.69, 9.17) is 5.21 Å². The standard InChI is InChI=1S/C15H14N4O2/c1-11(19-21)14(12-7-3-2-4-8-12)17-18-15(20)13-9-5-6-10-16-13/h2-10,21H,1H3,(H,18,20)/b17-14-,19-11+. The van der Waals surface area contributed by atoms with Crippen molar-refractivity contribution in [1.29, 1.82) is 0 Å². The zero-order chi connectivity index (χ0) is 15.1. The van der Waals surface area contributed by atoms with Crippen molar-refractivity contribution in [3.8, 4) is 0 Å². The molecule has 1 aromatic carbocycles. The summed E-state index contributed by atoms with van der Waals surface area (Å²) < 4.78 is 0. The van der Waals surface area contributed by atoms with Gasteiger partial charge in [-0.25, -0.2) is 5.43 Å². The molecule has 1 heterocycles. The lowest BCUT2D eigenvalue weighted by Crippen LogP contribution is -2.23. The van der Waals surface area contributed by atoms with E-state index in [-0.39, 0.29) is 5.69 Å². The summed E-state index contributed by atoms with van der Waals surface area (Å²) in [7, 11) is 0. The normalized spacial score (nSPS) is 12.0. The zero-order valence-electron chi connectivity index (χ0n) is 11.4. The SMILES string of the molecule is CC(=N\O)/C(=N/NC(=O)c1ccccn1)c1ccccc1. The average molecular weight is 282 g/mol. The number of oxime groups is 1. The van der Waals surface area contributed by atoms with Crippen LogP contribution in [-0.4, -0.2) is 27.5 Å². The molecule has 0 saturated carbocycles. The molecule has 1 amide bonds. The van der Waals surface area contributed by atoms with E-state index in [2.05, 4.69) is 20.7 Å².